The Bertz CT molecular complexity index is 3560. The van der Waals surface area contributed by atoms with Crippen molar-refractivity contribution in [1.29, 1.82) is 0 Å². The number of aromatic nitrogens is 4. The summed E-state index contributed by atoms with van der Waals surface area (Å²) in [6.07, 6.45) is 0. The average Bonchev–Trinajstić information content (AvgIpc) is 3.83. The van der Waals surface area contributed by atoms with Crippen LogP contribution in [0.1, 0.15) is 0 Å². The molecule has 0 aliphatic heterocycles. The number of pyridine rings is 1. The van der Waals surface area contributed by atoms with E-state index in [4.69, 9.17) is 15.1 Å². The highest BCUT2D eigenvalue weighted by atomic mass is 15.2. The van der Waals surface area contributed by atoms with Gasteiger partial charge in [-0.2, -0.15) is 5.10 Å². The molecule has 0 aliphatic carbocycles. The van der Waals surface area contributed by atoms with E-state index in [0.29, 0.717) is 5.82 Å². The Morgan fingerprint density at radius 3 is 1.18 bits per heavy atom. The van der Waals surface area contributed by atoms with Gasteiger partial charge in [0.1, 0.15) is 5.69 Å². The van der Waals surface area contributed by atoms with Crippen molar-refractivity contribution in [2.75, 3.05) is 0 Å². The standard InChI is InChI=1S/C63H42N4/c1-6-16-43(17-7-1)45-26-32-48(33-27-45)57-42-58(65-63(64-57)53-36-30-46(31-37-53)44-18-8-2-9-19-44)49-34-28-47(29-35-49)54-38-39-55-41-59(50-20-10-3-11-21-50)67-62(56(55)40-54)60(51-22-12-4-13-23-51)61(66-67)52-24-14-5-15-25-52/h1-42H. The largest absolute Gasteiger partial charge is 0.231 e. The first-order valence-corrected chi connectivity index (χ1v) is 22.7. The Morgan fingerprint density at radius 1 is 0.284 bits per heavy atom. The lowest BCUT2D eigenvalue weighted by atomic mass is 9.94. The molecule has 3 heterocycles. The van der Waals surface area contributed by atoms with Gasteiger partial charge in [0, 0.05) is 38.8 Å². The van der Waals surface area contributed by atoms with Gasteiger partial charge in [-0.25, -0.2) is 14.5 Å². The van der Waals surface area contributed by atoms with E-state index < -0.39 is 0 Å². The SMILES string of the molecule is c1ccc(-c2ccc(-c3cc(-c4ccc(-c5ccc6cc(-c7ccccc7)n7nc(-c8ccccc8)c(-c8ccccc8)c7c6c5)cc4)nc(-c4ccc(-c5ccccc5)cc4)n3)cc2)cc1. The number of nitrogens with zero attached hydrogens (tertiary/aromatic N) is 4. The number of hydrogen-bond acceptors (Lipinski definition) is 3. The summed E-state index contributed by atoms with van der Waals surface area (Å²) in [6.45, 7) is 0. The summed E-state index contributed by atoms with van der Waals surface area (Å²) < 4.78 is 2.16. The van der Waals surface area contributed by atoms with Crippen molar-refractivity contribution in [2.45, 2.75) is 0 Å². The highest BCUT2D eigenvalue weighted by Gasteiger charge is 2.22. The maximum absolute atomic E-state index is 5.43. The summed E-state index contributed by atoms with van der Waals surface area (Å²) in [6, 6.07) is 89.9. The molecule has 0 spiro atoms. The van der Waals surface area contributed by atoms with Crippen LogP contribution in [0, 0.1) is 0 Å². The molecule has 4 nitrogen and oxygen atoms in total. The Morgan fingerprint density at radius 2 is 0.672 bits per heavy atom. The Hall–Kier alpha value is -8.99. The number of benzene rings is 9. The first-order valence-electron chi connectivity index (χ1n) is 22.7. The monoisotopic (exact) mass is 854 g/mol. The highest BCUT2D eigenvalue weighted by Crippen LogP contribution is 2.42. The van der Waals surface area contributed by atoms with Crippen LogP contribution in [0.25, 0.3) is 117 Å². The fraction of sp³-hybridized carbons (Fsp3) is 0. The van der Waals surface area contributed by atoms with Crippen molar-refractivity contribution < 1.29 is 0 Å². The van der Waals surface area contributed by atoms with Crippen LogP contribution >= 0.6 is 0 Å². The van der Waals surface area contributed by atoms with Crippen molar-refractivity contribution >= 4 is 16.3 Å². The molecule has 67 heavy (non-hydrogen) atoms. The van der Waals surface area contributed by atoms with Crippen LogP contribution in [0.2, 0.25) is 0 Å². The summed E-state index contributed by atoms with van der Waals surface area (Å²) in [5, 5.41) is 7.72. The molecule has 0 saturated carbocycles. The molecule has 0 aliphatic rings. The molecule has 314 valence electrons. The van der Waals surface area contributed by atoms with Gasteiger partial charge in [-0.3, -0.25) is 0 Å². The third-order valence-corrected chi connectivity index (χ3v) is 12.7. The van der Waals surface area contributed by atoms with Crippen LogP contribution in [0.3, 0.4) is 0 Å². The smallest absolute Gasteiger partial charge is 0.160 e. The van der Waals surface area contributed by atoms with Gasteiger partial charge in [0.15, 0.2) is 5.82 Å². The van der Waals surface area contributed by atoms with Crippen molar-refractivity contribution in [2.24, 2.45) is 0 Å². The van der Waals surface area contributed by atoms with Gasteiger partial charge in [-0.05, 0) is 62.5 Å². The molecule has 0 bridgehead atoms. The first-order chi connectivity index (χ1) is 33.2. The van der Waals surface area contributed by atoms with Crippen LogP contribution in [-0.4, -0.2) is 19.6 Å². The average molecular weight is 855 g/mol. The minimum atomic E-state index is 0.682. The maximum Gasteiger partial charge on any atom is 0.160 e. The van der Waals surface area contributed by atoms with E-state index >= 15 is 0 Å². The van der Waals surface area contributed by atoms with Gasteiger partial charge >= 0.3 is 0 Å². The van der Waals surface area contributed by atoms with Crippen molar-refractivity contribution in [1.82, 2.24) is 19.6 Å². The van der Waals surface area contributed by atoms with Gasteiger partial charge in [0.2, 0.25) is 0 Å². The third-order valence-electron chi connectivity index (χ3n) is 12.7. The molecule has 3 aromatic heterocycles. The molecular formula is C63H42N4. The Labute approximate surface area is 389 Å². The lowest BCUT2D eigenvalue weighted by molar-refractivity contribution is 0.979. The first kappa shape index (κ1) is 39.6. The van der Waals surface area contributed by atoms with Gasteiger partial charge < -0.3 is 0 Å². The molecule has 12 aromatic rings. The second-order valence-electron chi connectivity index (χ2n) is 16.8. The van der Waals surface area contributed by atoms with E-state index in [0.717, 1.165) is 100 Å². The quantitative estimate of drug-likeness (QED) is 0.145. The van der Waals surface area contributed by atoms with E-state index in [2.05, 4.69) is 247 Å². The third kappa shape index (κ3) is 7.67. The van der Waals surface area contributed by atoms with Gasteiger partial charge in [-0.15, -0.1) is 0 Å². The molecule has 0 atom stereocenters. The van der Waals surface area contributed by atoms with Gasteiger partial charge in [0.05, 0.1) is 22.6 Å². The fourth-order valence-electron chi connectivity index (χ4n) is 9.22. The zero-order chi connectivity index (χ0) is 44.5. The lowest BCUT2D eigenvalue weighted by Gasteiger charge is -2.13. The zero-order valence-corrected chi connectivity index (χ0v) is 36.5. The normalized spacial score (nSPS) is 11.3. The van der Waals surface area contributed by atoms with Crippen LogP contribution < -0.4 is 0 Å². The molecule has 12 rings (SSSR count). The van der Waals surface area contributed by atoms with Gasteiger partial charge in [-0.1, -0.05) is 237 Å². The summed E-state index contributed by atoms with van der Waals surface area (Å²) in [5.41, 5.74) is 19.2. The molecule has 9 aromatic carbocycles. The fourth-order valence-corrected chi connectivity index (χ4v) is 9.22. The van der Waals surface area contributed by atoms with E-state index in [9.17, 15) is 0 Å². The molecule has 0 amide bonds. The summed E-state index contributed by atoms with van der Waals surface area (Å²) in [4.78, 5) is 10.4. The predicted octanol–water partition coefficient (Wildman–Crippen LogP) is 16.3. The molecular weight excluding hydrogens is 813 g/mol. The summed E-state index contributed by atoms with van der Waals surface area (Å²) >= 11 is 0. The molecule has 0 N–H and O–H groups in total. The molecule has 0 saturated heterocycles. The number of rotatable bonds is 9. The molecule has 0 fully saturated rings. The molecule has 0 unspecified atom stereocenters. The molecule has 4 heteroatoms. The van der Waals surface area contributed by atoms with Crippen molar-refractivity contribution in [3.05, 3.63) is 255 Å². The lowest BCUT2D eigenvalue weighted by Crippen LogP contribution is -1.96. The van der Waals surface area contributed by atoms with E-state index in [-0.39, 0.29) is 0 Å². The number of fused-ring (bicyclic) bond motifs is 3. The van der Waals surface area contributed by atoms with E-state index in [1.165, 1.54) is 11.1 Å². The number of hydrogen-bond donors (Lipinski definition) is 0. The van der Waals surface area contributed by atoms with Crippen molar-refractivity contribution in [3.63, 3.8) is 0 Å². The summed E-state index contributed by atoms with van der Waals surface area (Å²) in [5.74, 6) is 0.682. The summed E-state index contributed by atoms with van der Waals surface area (Å²) in [7, 11) is 0. The van der Waals surface area contributed by atoms with Crippen molar-refractivity contribution in [3.8, 4) is 101 Å². The van der Waals surface area contributed by atoms with Crippen LogP contribution in [0.5, 0.6) is 0 Å². The van der Waals surface area contributed by atoms with Crippen LogP contribution in [0.15, 0.2) is 255 Å². The maximum atomic E-state index is 5.43. The molecule has 0 radical (unpaired) electrons. The van der Waals surface area contributed by atoms with E-state index in [1.807, 2.05) is 12.1 Å². The second-order valence-corrected chi connectivity index (χ2v) is 16.8. The van der Waals surface area contributed by atoms with Gasteiger partial charge in [0.25, 0.3) is 0 Å². The topological polar surface area (TPSA) is 43.1 Å². The van der Waals surface area contributed by atoms with E-state index in [1.54, 1.807) is 0 Å². The second kappa shape index (κ2) is 17.2. The Balaban J connectivity index is 0.969. The Kier molecular flexibility index (Phi) is 10.2. The zero-order valence-electron chi connectivity index (χ0n) is 36.5. The highest BCUT2D eigenvalue weighted by molar-refractivity contribution is 6.09. The minimum absolute atomic E-state index is 0.682. The minimum Gasteiger partial charge on any atom is -0.231 e. The van der Waals surface area contributed by atoms with Crippen LogP contribution in [-0.2, 0) is 0 Å². The van der Waals surface area contributed by atoms with Crippen LogP contribution in [0.4, 0.5) is 0 Å². The predicted molar refractivity (Wildman–Crippen MR) is 277 cm³/mol.